The molecule has 0 aliphatic carbocycles. The van der Waals surface area contributed by atoms with Crippen molar-refractivity contribution in [1.82, 2.24) is 40.1 Å². The van der Waals surface area contributed by atoms with Crippen LogP contribution in [0.5, 0.6) is 0 Å². The lowest BCUT2D eigenvalue weighted by molar-refractivity contribution is 0.578. The van der Waals surface area contributed by atoms with Gasteiger partial charge in [-0.05, 0) is 37.0 Å². The van der Waals surface area contributed by atoms with E-state index in [0.717, 1.165) is 31.4 Å². The summed E-state index contributed by atoms with van der Waals surface area (Å²) in [4.78, 5) is 33.1. The maximum Gasteiger partial charge on any atom is 0.327 e. The number of aryl methyl sites for hydroxylation is 2. The first kappa shape index (κ1) is 18.6. The van der Waals surface area contributed by atoms with E-state index in [-0.39, 0.29) is 5.52 Å². The van der Waals surface area contributed by atoms with E-state index >= 15 is 0 Å². The summed E-state index contributed by atoms with van der Waals surface area (Å²) in [5, 5.41) is 13.8. The second kappa shape index (κ2) is 8.09. The molecule has 0 fully saturated rings. The van der Waals surface area contributed by atoms with Crippen LogP contribution in [0.1, 0.15) is 36.5 Å². The van der Waals surface area contributed by atoms with Gasteiger partial charge in [0.2, 0.25) is 0 Å². The summed E-state index contributed by atoms with van der Waals surface area (Å²) >= 11 is 0. The van der Waals surface area contributed by atoms with E-state index in [1.165, 1.54) is 5.56 Å². The molecule has 0 unspecified atom stereocenters. The van der Waals surface area contributed by atoms with Crippen molar-refractivity contribution >= 4 is 16.9 Å². The van der Waals surface area contributed by atoms with Gasteiger partial charge in [-0.2, -0.15) is 5.21 Å². The molecule has 1 aromatic carbocycles. The lowest BCUT2D eigenvalue weighted by Gasteiger charge is -2.08. The van der Waals surface area contributed by atoms with Crippen LogP contribution in [-0.2, 0) is 19.4 Å². The summed E-state index contributed by atoms with van der Waals surface area (Å²) in [5.74, 6) is 1.07. The number of aromatic nitrogens is 8. The zero-order chi connectivity index (χ0) is 20.2. The summed E-state index contributed by atoms with van der Waals surface area (Å²) in [6.07, 6.45) is 4.15. The van der Waals surface area contributed by atoms with Crippen molar-refractivity contribution < 1.29 is 0 Å². The predicted molar refractivity (Wildman–Crippen MR) is 106 cm³/mol. The van der Waals surface area contributed by atoms with Gasteiger partial charge in [-0.1, -0.05) is 23.8 Å². The first-order chi connectivity index (χ1) is 14.1. The summed E-state index contributed by atoms with van der Waals surface area (Å²) in [6, 6.07) is 7.90. The first-order valence-corrected chi connectivity index (χ1v) is 9.38. The van der Waals surface area contributed by atoms with Crippen molar-refractivity contribution in [3.63, 3.8) is 0 Å². The number of anilines is 1. The number of hydrogen-bond donors (Lipinski definition) is 4. The van der Waals surface area contributed by atoms with Gasteiger partial charge in [0.05, 0.1) is 6.42 Å². The predicted octanol–water partition coefficient (Wildman–Crippen LogP) is 0.512. The first-order valence-electron chi connectivity index (χ1n) is 9.38. The van der Waals surface area contributed by atoms with Gasteiger partial charge in [0.1, 0.15) is 11.5 Å². The number of rotatable bonds is 8. The van der Waals surface area contributed by atoms with E-state index in [4.69, 9.17) is 5.73 Å². The van der Waals surface area contributed by atoms with Crippen LogP contribution in [0.3, 0.4) is 0 Å². The molecule has 0 saturated heterocycles. The molecule has 11 heteroatoms. The average molecular weight is 395 g/mol. The van der Waals surface area contributed by atoms with Crippen molar-refractivity contribution in [2.45, 2.75) is 38.6 Å². The highest BCUT2D eigenvalue weighted by Gasteiger charge is 2.16. The number of nitrogen functional groups attached to an aromatic ring is 1. The molecule has 11 nitrogen and oxygen atoms in total. The van der Waals surface area contributed by atoms with E-state index in [0.29, 0.717) is 30.3 Å². The summed E-state index contributed by atoms with van der Waals surface area (Å²) in [7, 11) is 0. The zero-order valence-corrected chi connectivity index (χ0v) is 15.7. The Hall–Kier alpha value is -3.76. The molecule has 0 spiro atoms. The Kier molecular flexibility index (Phi) is 5.18. The van der Waals surface area contributed by atoms with Crippen LogP contribution >= 0.6 is 0 Å². The molecule has 0 atom stereocenters. The largest absolute Gasteiger partial charge is 0.399 e. The Morgan fingerprint density at radius 1 is 1.03 bits per heavy atom. The van der Waals surface area contributed by atoms with E-state index in [1.54, 1.807) is 0 Å². The van der Waals surface area contributed by atoms with Crippen LogP contribution in [0.15, 0.2) is 33.9 Å². The van der Waals surface area contributed by atoms with Gasteiger partial charge in [0, 0.05) is 12.2 Å². The number of nitrogens with two attached hydrogens (primary N) is 1. The maximum atomic E-state index is 12.1. The maximum absolute atomic E-state index is 12.1. The second-order valence-corrected chi connectivity index (χ2v) is 6.84. The molecule has 0 aliphatic rings. The number of aromatic amines is 3. The minimum Gasteiger partial charge on any atom is -0.399 e. The molecule has 0 aliphatic heterocycles. The topological polar surface area (TPSA) is 164 Å². The molecule has 0 bridgehead atoms. The van der Waals surface area contributed by atoms with Crippen molar-refractivity contribution in [3.05, 3.63) is 62.3 Å². The minimum atomic E-state index is -0.557. The van der Waals surface area contributed by atoms with Crippen molar-refractivity contribution in [2.75, 3.05) is 5.73 Å². The molecule has 29 heavy (non-hydrogen) atoms. The molecule has 0 saturated carbocycles. The van der Waals surface area contributed by atoms with Crippen LogP contribution in [-0.4, -0.2) is 40.1 Å². The standard InChI is InChI=1S/C18H21N9O2/c19-12-7-5-11(6-8-12)4-2-1-3-9-27-14(10-13-23-25-26-24-13)20-15-16(27)21-18(29)22-17(15)28/h5-8H,1-4,9-10,19H2,(H2,21,22,28,29)(H,23,24,25,26). The van der Waals surface area contributed by atoms with Gasteiger partial charge in [-0.3, -0.25) is 14.8 Å². The van der Waals surface area contributed by atoms with E-state index < -0.39 is 11.2 Å². The quantitative estimate of drug-likeness (QED) is 0.249. The van der Waals surface area contributed by atoms with Gasteiger partial charge in [-0.25, -0.2) is 9.78 Å². The number of unbranched alkanes of at least 4 members (excludes halogenated alkanes) is 2. The Bertz CT molecular complexity index is 1200. The number of H-pyrrole nitrogens is 3. The minimum absolute atomic E-state index is 0.199. The number of fused-ring (bicyclic) bond motifs is 1. The lowest BCUT2D eigenvalue weighted by atomic mass is 10.1. The number of tetrazole rings is 1. The molecule has 4 rings (SSSR count). The van der Waals surface area contributed by atoms with Gasteiger partial charge < -0.3 is 10.3 Å². The monoisotopic (exact) mass is 395 g/mol. The number of benzene rings is 1. The molecule has 3 heterocycles. The van der Waals surface area contributed by atoms with Gasteiger partial charge in [0.25, 0.3) is 5.56 Å². The van der Waals surface area contributed by atoms with Gasteiger partial charge in [0.15, 0.2) is 11.3 Å². The van der Waals surface area contributed by atoms with Crippen molar-refractivity contribution in [3.8, 4) is 0 Å². The molecule has 5 N–H and O–H groups in total. The Balaban J connectivity index is 1.48. The average Bonchev–Trinajstić information content (AvgIpc) is 3.32. The molecular formula is C18H21N9O2. The number of nitrogens with zero attached hydrogens (tertiary/aromatic N) is 5. The summed E-state index contributed by atoms with van der Waals surface area (Å²) in [5.41, 5.74) is 7.27. The van der Waals surface area contributed by atoms with E-state index in [9.17, 15) is 9.59 Å². The fourth-order valence-electron chi connectivity index (χ4n) is 3.32. The zero-order valence-electron chi connectivity index (χ0n) is 15.7. The van der Waals surface area contributed by atoms with E-state index in [1.807, 2.05) is 28.8 Å². The molecule has 4 aromatic rings. The van der Waals surface area contributed by atoms with Crippen molar-refractivity contribution in [1.29, 1.82) is 0 Å². The Morgan fingerprint density at radius 2 is 1.86 bits per heavy atom. The van der Waals surface area contributed by atoms with Gasteiger partial charge >= 0.3 is 5.69 Å². The smallest absolute Gasteiger partial charge is 0.327 e. The molecule has 0 amide bonds. The van der Waals surface area contributed by atoms with Crippen LogP contribution in [0.4, 0.5) is 5.69 Å². The van der Waals surface area contributed by atoms with E-state index in [2.05, 4.69) is 35.6 Å². The highest BCUT2D eigenvalue weighted by molar-refractivity contribution is 5.69. The number of nitrogens with one attached hydrogen (secondary N) is 3. The normalized spacial score (nSPS) is 11.3. The summed E-state index contributed by atoms with van der Waals surface area (Å²) < 4.78 is 1.85. The highest BCUT2D eigenvalue weighted by Crippen LogP contribution is 2.15. The van der Waals surface area contributed by atoms with Crippen LogP contribution in [0.25, 0.3) is 11.2 Å². The van der Waals surface area contributed by atoms with Crippen molar-refractivity contribution in [2.24, 2.45) is 0 Å². The van der Waals surface area contributed by atoms with Crippen LogP contribution < -0.4 is 17.0 Å². The number of imidazole rings is 1. The van der Waals surface area contributed by atoms with Crippen LogP contribution in [0.2, 0.25) is 0 Å². The molecule has 150 valence electrons. The lowest BCUT2D eigenvalue weighted by Crippen LogP contribution is -2.22. The molecular weight excluding hydrogens is 374 g/mol. The third-order valence-corrected chi connectivity index (χ3v) is 4.75. The number of hydrogen-bond acceptors (Lipinski definition) is 7. The summed E-state index contributed by atoms with van der Waals surface area (Å²) in [6.45, 7) is 0.616. The third-order valence-electron chi connectivity index (χ3n) is 4.75. The highest BCUT2D eigenvalue weighted by atomic mass is 16.2. The van der Waals surface area contributed by atoms with Gasteiger partial charge in [-0.15, -0.1) is 10.2 Å². The Labute approximate surface area is 164 Å². The SMILES string of the molecule is Nc1ccc(CCCCCn2c(Cc3nn[nH]n3)nc3c(=O)[nH]c(=O)[nH]c32)cc1. The van der Waals surface area contributed by atoms with Crippen LogP contribution in [0, 0.1) is 0 Å². The molecule has 0 radical (unpaired) electrons. The fourth-order valence-corrected chi connectivity index (χ4v) is 3.32. The second-order valence-electron chi connectivity index (χ2n) is 6.84. The molecule has 3 aromatic heterocycles. The fraction of sp³-hybridized carbons (Fsp3) is 0.333. The Morgan fingerprint density at radius 3 is 2.62 bits per heavy atom. The third kappa shape index (κ3) is 4.23.